The van der Waals surface area contributed by atoms with Gasteiger partial charge < -0.3 is 10.0 Å². The average Bonchev–Trinajstić information content (AvgIpc) is 2.63. The van der Waals surface area contributed by atoms with E-state index in [-0.39, 0.29) is 10.4 Å². The number of carboxylic acids is 1. The first-order valence-electron chi connectivity index (χ1n) is 4.93. The Labute approximate surface area is 109 Å². The highest BCUT2D eigenvalue weighted by Crippen LogP contribution is 2.19. The molecule has 0 saturated carbocycles. The van der Waals surface area contributed by atoms with Gasteiger partial charge in [0, 0.05) is 14.1 Å². The average molecular weight is 291 g/mol. The van der Waals surface area contributed by atoms with E-state index in [0.717, 1.165) is 11.3 Å². The Morgan fingerprint density at radius 1 is 1.39 bits per heavy atom. The van der Waals surface area contributed by atoms with Crippen molar-refractivity contribution in [1.29, 1.82) is 0 Å². The fourth-order valence-corrected chi connectivity index (χ4v) is 3.55. The van der Waals surface area contributed by atoms with E-state index in [4.69, 9.17) is 5.11 Å². The lowest BCUT2D eigenvalue weighted by molar-refractivity contribution is -0.125. The Bertz CT molecular complexity index is 559. The summed E-state index contributed by atoms with van der Waals surface area (Å²) in [6.07, 6.45) is 0. The number of sulfone groups is 1. The molecule has 0 radical (unpaired) electrons. The lowest BCUT2D eigenvalue weighted by Crippen LogP contribution is -2.29. The fraction of sp³-hybridized carbons (Fsp3) is 0.400. The maximum absolute atomic E-state index is 11.8. The van der Waals surface area contributed by atoms with Crippen LogP contribution in [0.3, 0.4) is 0 Å². The molecule has 0 aliphatic rings. The van der Waals surface area contributed by atoms with E-state index in [1.807, 2.05) is 0 Å². The summed E-state index contributed by atoms with van der Waals surface area (Å²) in [4.78, 5) is 23.4. The first-order valence-corrected chi connectivity index (χ1v) is 7.63. The minimum Gasteiger partial charge on any atom is -0.477 e. The van der Waals surface area contributed by atoms with Crippen molar-refractivity contribution >= 4 is 33.1 Å². The van der Waals surface area contributed by atoms with Crippen molar-refractivity contribution < 1.29 is 23.1 Å². The minimum atomic E-state index is -3.65. The standard InChI is InChI=1S/C10H13NO5S2/c1-11(2)8(12)6-18(15,16)5-7-3-4-17-9(7)10(13)14/h3-4H,5-6H2,1-2H3,(H,13,14). The molecule has 1 amide bonds. The van der Waals surface area contributed by atoms with Gasteiger partial charge in [-0.05, 0) is 17.0 Å². The van der Waals surface area contributed by atoms with Gasteiger partial charge in [0.25, 0.3) is 0 Å². The zero-order valence-corrected chi connectivity index (χ0v) is 11.5. The Kier molecular flexibility index (Phi) is 4.47. The number of carbonyl (C=O) groups is 2. The van der Waals surface area contributed by atoms with Crippen LogP contribution in [-0.4, -0.2) is 50.1 Å². The van der Waals surface area contributed by atoms with E-state index in [9.17, 15) is 18.0 Å². The Balaban J connectivity index is 2.86. The molecular weight excluding hydrogens is 278 g/mol. The molecule has 100 valence electrons. The molecule has 0 atom stereocenters. The van der Waals surface area contributed by atoms with Crippen molar-refractivity contribution in [3.8, 4) is 0 Å². The zero-order chi connectivity index (χ0) is 13.9. The molecule has 0 bridgehead atoms. The maximum atomic E-state index is 11.8. The second-order valence-corrected chi connectivity index (χ2v) is 6.88. The van der Waals surface area contributed by atoms with Crippen LogP contribution >= 0.6 is 11.3 Å². The van der Waals surface area contributed by atoms with E-state index < -0.39 is 33.2 Å². The van der Waals surface area contributed by atoms with Crippen LogP contribution < -0.4 is 0 Å². The maximum Gasteiger partial charge on any atom is 0.346 e. The third-order valence-corrected chi connectivity index (χ3v) is 4.54. The molecule has 1 N–H and O–H groups in total. The van der Waals surface area contributed by atoms with Crippen molar-refractivity contribution in [3.63, 3.8) is 0 Å². The Morgan fingerprint density at radius 2 is 2.00 bits per heavy atom. The van der Waals surface area contributed by atoms with Crippen LogP contribution in [0.15, 0.2) is 11.4 Å². The van der Waals surface area contributed by atoms with E-state index in [2.05, 4.69) is 0 Å². The molecule has 0 aromatic carbocycles. The molecular formula is C10H13NO5S2. The second kappa shape index (κ2) is 5.49. The Morgan fingerprint density at radius 3 is 2.50 bits per heavy atom. The summed E-state index contributed by atoms with van der Waals surface area (Å²) >= 11 is 0.964. The smallest absolute Gasteiger partial charge is 0.346 e. The van der Waals surface area contributed by atoms with Gasteiger partial charge in [0.05, 0.1) is 5.75 Å². The number of thiophene rings is 1. The molecule has 0 aliphatic carbocycles. The SMILES string of the molecule is CN(C)C(=O)CS(=O)(=O)Cc1ccsc1C(=O)O. The minimum absolute atomic E-state index is 0.00382. The van der Waals surface area contributed by atoms with Gasteiger partial charge in [-0.3, -0.25) is 4.79 Å². The van der Waals surface area contributed by atoms with Crippen molar-refractivity contribution in [2.45, 2.75) is 5.75 Å². The summed E-state index contributed by atoms with van der Waals surface area (Å²) in [5, 5.41) is 10.4. The van der Waals surface area contributed by atoms with Crippen LogP contribution in [0.5, 0.6) is 0 Å². The van der Waals surface area contributed by atoms with Gasteiger partial charge in [-0.2, -0.15) is 0 Å². The molecule has 1 aromatic rings. The molecule has 1 rings (SSSR count). The van der Waals surface area contributed by atoms with Crippen LogP contribution in [0, 0.1) is 0 Å². The number of aromatic carboxylic acids is 1. The topological polar surface area (TPSA) is 91.8 Å². The molecule has 18 heavy (non-hydrogen) atoms. The van der Waals surface area contributed by atoms with Gasteiger partial charge in [0.1, 0.15) is 10.6 Å². The molecule has 0 saturated heterocycles. The van der Waals surface area contributed by atoms with Gasteiger partial charge in [-0.15, -0.1) is 11.3 Å². The van der Waals surface area contributed by atoms with Crippen LogP contribution in [0.4, 0.5) is 0 Å². The number of hydrogen-bond donors (Lipinski definition) is 1. The number of carboxylic acid groups (broad SMARTS) is 1. The zero-order valence-electron chi connectivity index (χ0n) is 9.91. The normalized spacial score (nSPS) is 11.2. The third-order valence-electron chi connectivity index (χ3n) is 2.16. The molecule has 6 nitrogen and oxygen atoms in total. The van der Waals surface area contributed by atoms with Crippen molar-refractivity contribution in [2.75, 3.05) is 19.8 Å². The van der Waals surface area contributed by atoms with E-state index in [1.165, 1.54) is 30.4 Å². The fourth-order valence-electron chi connectivity index (χ4n) is 1.24. The highest BCUT2D eigenvalue weighted by Gasteiger charge is 2.22. The van der Waals surface area contributed by atoms with E-state index >= 15 is 0 Å². The van der Waals surface area contributed by atoms with Crippen LogP contribution in [0.1, 0.15) is 15.2 Å². The van der Waals surface area contributed by atoms with Gasteiger partial charge in [0.15, 0.2) is 9.84 Å². The summed E-state index contributed by atoms with van der Waals surface area (Å²) < 4.78 is 23.5. The molecule has 0 unspecified atom stereocenters. The number of hydrogen-bond acceptors (Lipinski definition) is 5. The second-order valence-electron chi connectivity index (χ2n) is 3.90. The van der Waals surface area contributed by atoms with Crippen LogP contribution in [-0.2, 0) is 20.4 Å². The predicted octanol–water partition coefficient (Wildman–Crippen LogP) is 0.449. The van der Waals surface area contributed by atoms with Crippen molar-refractivity contribution in [1.82, 2.24) is 4.90 Å². The number of carbonyl (C=O) groups excluding carboxylic acids is 1. The lowest BCUT2D eigenvalue weighted by atomic mass is 10.3. The molecule has 0 aliphatic heterocycles. The summed E-state index contributed by atoms with van der Waals surface area (Å²) in [7, 11) is -0.726. The van der Waals surface area contributed by atoms with E-state index in [1.54, 1.807) is 0 Å². The van der Waals surface area contributed by atoms with Crippen LogP contribution in [0.25, 0.3) is 0 Å². The molecule has 0 fully saturated rings. The number of amides is 1. The van der Waals surface area contributed by atoms with E-state index in [0.29, 0.717) is 0 Å². The monoisotopic (exact) mass is 291 g/mol. The van der Waals surface area contributed by atoms with Gasteiger partial charge in [-0.1, -0.05) is 0 Å². The lowest BCUT2D eigenvalue weighted by Gasteiger charge is -2.10. The highest BCUT2D eigenvalue weighted by molar-refractivity contribution is 7.91. The first kappa shape index (κ1) is 14.7. The summed E-state index contributed by atoms with van der Waals surface area (Å²) in [5.41, 5.74) is 0.221. The quantitative estimate of drug-likeness (QED) is 0.850. The summed E-state index contributed by atoms with van der Waals surface area (Å²) in [6, 6.07) is 1.45. The number of rotatable bonds is 5. The summed E-state index contributed by atoms with van der Waals surface area (Å²) in [6.45, 7) is 0. The summed E-state index contributed by atoms with van der Waals surface area (Å²) in [5.74, 6) is -2.73. The predicted molar refractivity (Wildman–Crippen MR) is 67.5 cm³/mol. The van der Waals surface area contributed by atoms with Crippen molar-refractivity contribution in [3.05, 3.63) is 21.9 Å². The molecule has 1 heterocycles. The third kappa shape index (κ3) is 3.81. The largest absolute Gasteiger partial charge is 0.477 e. The van der Waals surface area contributed by atoms with Crippen LogP contribution in [0.2, 0.25) is 0 Å². The van der Waals surface area contributed by atoms with Gasteiger partial charge >= 0.3 is 5.97 Å². The number of nitrogens with zero attached hydrogens (tertiary/aromatic N) is 1. The molecule has 0 spiro atoms. The van der Waals surface area contributed by atoms with Gasteiger partial charge in [0.2, 0.25) is 5.91 Å². The van der Waals surface area contributed by atoms with Gasteiger partial charge in [-0.25, -0.2) is 13.2 Å². The molecule has 8 heteroatoms. The first-order chi connectivity index (χ1) is 8.23. The molecule has 1 aromatic heterocycles. The van der Waals surface area contributed by atoms with Crippen molar-refractivity contribution in [2.24, 2.45) is 0 Å². The Hall–Kier alpha value is -1.41. The highest BCUT2D eigenvalue weighted by atomic mass is 32.2.